The molecule has 1 fully saturated rings. The number of ether oxygens (including phenoxy) is 1. The smallest absolute Gasteiger partial charge is 0.267 e. The molecule has 2 atom stereocenters. The lowest BCUT2D eigenvalue weighted by Crippen LogP contribution is -2.35. The highest BCUT2D eigenvalue weighted by Crippen LogP contribution is 2.33. The fourth-order valence-electron chi connectivity index (χ4n) is 3.75. The van der Waals surface area contributed by atoms with Gasteiger partial charge in [0.05, 0.1) is 41.4 Å². The Labute approximate surface area is 189 Å². The third-order valence-electron chi connectivity index (χ3n) is 5.28. The van der Waals surface area contributed by atoms with E-state index in [1.807, 2.05) is 6.07 Å². The highest BCUT2D eigenvalue weighted by atomic mass is 35.5. The lowest BCUT2D eigenvalue weighted by Gasteiger charge is -2.27. The van der Waals surface area contributed by atoms with Gasteiger partial charge in [0.1, 0.15) is 5.69 Å². The molecule has 2 aliphatic heterocycles. The fraction of sp³-hybridized carbons (Fsp3) is 0.333. The SMILES string of the molecule is NC(=O)c1cc(C2=NN(C[C@@H]3CNCCO[C@H]3c3ccc(Cl)c(Cl)c3)C(=O)C2)ccn1. The number of hydrogen-bond acceptors (Lipinski definition) is 6. The molecule has 8 nitrogen and oxygen atoms in total. The first-order valence-electron chi connectivity index (χ1n) is 9.83. The second-order valence-corrected chi connectivity index (χ2v) is 8.24. The molecule has 162 valence electrons. The highest BCUT2D eigenvalue weighted by Gasteiger charge is 2.33. The molecule has 2 aliphatic rings. The van der Waals surface area contributed by atoms with E-state index in [4.69, 9.17) is 33.7 Å². The van der Waals surface area contributed by atoms with Crippen molar-refractivity contribution in [2.75, 3.05) is 26.2 Å². The topological polar surface area (TPSA) is 110 Å². The predicted octanol–water partition coefficient (Wildman–Crippen LogP) is 2.40. The van der Waals surface area contributed by atoms with Crippen molar-refractivity contribution in [2.24, 2.45) is 16.8 Å². The van der Waals surface area contributed by atoms with Crippen LogP contribution in [-0.4, -0.2) is 53.8 Å². The Morgan fingerprint density at radius 1 is 1.26 bits per heavy atom. The van der Waals surface area contributed by atoms with Crippen LogP contribution in [0.25, 0.3) is 0 Å². The summed E-state index contributed by atoms with van der Waals surface area (Å²) in [7, 11) is 0. The lowest BCUT2D eigenvalue weighted by atomic mass is 9.95. The molecule has 0 saturated carbocycles. The van der Waals surface area contributed by atoms with Crippen molar-refractivity contribution in [1.29, 1.82) is 0 Å². The number of pyridine rings is 1. The summed E-state index contributed by atoms with van der Waals surface area (Å²) in [4.78, 5) is 28.0. The summed E-state index contributed by atoms with van der Waals surface area (Å²) in [5, 5.41) is 10.3. The van der Waals surface area contributed by atoms with Crippen molar-refractivity contribution in [3.63, 3.8) is 0 Å². The summed E-state index contributed by atoms with van der Waals surface area (Å²) < 4.78 is 6.09. The first kappa shape index (κ1) is 21.7. The standard InChI is InChI=1S/C21H21Cl2N5O3/c22-15-2-1-13(7-16(15)23)20-14(10-25-5-6-31-20)11-28-19(29)9-17(27-28)12-3-4-26-18(8-12)21(24)30/h1-4,7-8,14,20,25H,5-6,9-11H2,(H2,24,30)/t14-,20-/m0/s1. The van der Waals surface area contributed by atoms with Gasteiger partial charge < -0.3 is 15.8 Å². The number of halogens is 2. The minimum atomic E-state index is -0.630. The average Bonchev–Trinajstić information content (AvgIpc) is 2.96. The molecule has 0 spiro atoms. The van der Waals surface area contributed by atoms with Crippen LogP contribution in [0.5, 0.6) is 0 Å². The van der Waals surface area contributed by atoms with Crippen molar-refractivity contribution >= 4 is 40.7 Å². The summed E-state index contributed by atoms with van der Waals surface area (Å²) in [5.41, 5.74) is 7.56. The minimum Gasteiger partial charge on any atom is -0.372 e. The van der Waals surface area contributed by atoms with Gasteiger partial charge in [0.15, 0.2) is 0 Å². The van der Waals surface area contributed by atoms with Crippen molar-refractivity contribution < 1.29 is 14.3 Å². The maximum Gasteiger partial charge on any atom is 0.267 e. The second-order valence-electron chi connectivity index (χ2n) is 7.42. The van der Waals surface area contributed by atoms with E-state index in [1.165, 1.54) is 11.2 Å². The zero-order chi connectivity index (χ0) is 22.0. The molecule has 10 heteroatoms. The van der Waals surface area contributed by atoms with E-state index in [1.54, 1.807) is 24.3 Å². The number of aromatic nitrogens is 1. The van der Waals surface area contributed by atoms with Crippen molar-refractivity contribution in [3.05, 3.63) is 63.4 Å². The van der Waals surface area contributed by atoms with E-state index in [0.29, 0.717) is 47.6 Å². The first-order valence-corrected chi connectivity index (χ1v) is 10.6. The van der Waals surface area contributed by atoms with Gasteiger partial charge in [-0.25, -0.2) is 5.01 Å². The molecule has 0 bridgehead atoms. The molecule has 3 heterocycles. The zero-order valence-electron chi connectivity index (χ0n) is 16.6. The fourth-order valence-corrected chi connectivity index (χ4v) is 4.05. The largest absolute Gasteiger partial charge is 0.372 e. The molecule has 0 radical (unpaired) electrons. The van der Waals surface area contributed by atoms with Gasteiger partial charge in [0, 0.05) is 30.8 Å². The summed E-state index contributed by atoms with van der Waals surface area (Å²) in [5.74, 6) is -0.801. The van der Waals surface area contributed by atoms with Crippen LogP contribution in [0.3, 0.4) is 0 Å². The van der Waals surface area contributed by atoms with E-state index in [2.05, 4.69) is 15.4 Å². The number of hydrazone groups is 1. The minimum absolute atomic E-state index is 0.0505. The summed E-state index contributed by atoms with van der Waals surface area (Å²) in [6.07, 6.45) is 1.36. The molecular weight excluding hydrogens is 441 g/mol. The van der Waals surface area contributed by atoms with E-state index in [-0.39, 0.29) is 30.0 Å². The van der Waals surface area contributed by atoms with Gasteiger partial charge in [-0.3, -0.25) is 14.6 Å². The quantitative estimate of drug-likeness (QED) is 0.709. The summed E-state index contributed by atoms with van der Waals surface area (Å²) in [6, 6.07) is 8.69. The summed E-state index contributed by atoms with van der Waals surface area (Å²) in [6.45, 7) is 2.27. The third-order valence-corrected chi connectivity index (χ3v) is 6.02. The Balaban J connectivity index is 1.57. The lowest BCUT2D eigenvalue weighted by molar-refractivity contribution is -0.129. The van der Waals surface area contributed by atoms with Crippen molar-refractivity contribution in [3.8, 4) is 0 Å². The summed E-state index contributed by atoms with van der Waals surface area (Å²) >= 11 is 12.3. The molecule has 1 saturated heterocycles. The Kier molecular flexibility index (Phi) is 6.52. The van der Waals surface area contributed by atoms with Gasteiger partial charge in [-0.05, 0) is 29.8 Å². The Hall–Kier alpha value is -2.52. The van der Waals surface area contributed by atoms with Gasteiger partial charge in [-0.15, -0.1) is 0 Å². The van der Waals surface area contributed by atoms with Crippen LogP contribution in [0.4, 0.5) is 0 Å². The van der Waals surface area contributed by atoms with E-state index >= 15 is 0 Å². The number of nitrogens with zero attached hydrogens (tertiary/aromatic N) is 3. The maximum absolute atomic E-state index is 12.7. The van der Waals surface area contributed by atoms with Crippen LogP contribution in [0, 0.1) is 5.92 Å². The van der Waals surface area contributed by atoms with E-state index in [9.17, 15) is 9.59 Å². The number of carbonyl (C=O) groups is 2. The van der Waals surface area contributed by atoms with E-state index in [0.717, 1.165) is 5.56 Å². The molecule has 4 rings (SSSR count). The van der Waals surface area contributed by atoms with Crippen LogP contribution in [0.15, 0.2) is 41.6 Å². The molecule has 1 aromatic heterocycles. The second kappa shape index (κ2) is 9.32. The molecule has 3 N–H and O–H groups in total. The Morgan fingerprint density at radius 3 is 2.87 bits per heavy atom. The molecule has 0 unspecified atom stereocenters. The molecule has 2 amide bonds. The van der Waals surface area contributed by atoms with Crippen LogP contribution >= 0.6 is 23.2 Å². The monoisotopic (exact) mass is 461 g/mol. The van der Waals surface area contributed by atoms with Crippen LogP contribution in [0.1, 0.15) is 34.1 Å². The van der Waals surface area contributed by atoms with Crippen molar-refractivity contribution in [1.82, 2.24) is 15.3 Å². The van der Waals surface area contributed by atoms with Gasteiger partial charge in [-0.1, -0.05) is 29.3 Å². The number of carbonyl (C=O) groups excluding carboxylic acids is 2. The van der Waals surface area contributed by atoms with Gasteiger partial charge in [-0.2, -0.15) is 5.10 Å². The van der Waals surface area contributed by atoms with Crippen LogP contribution < -0.4 is 11.1 Å². The Bertz CT molecular complexity index is 1050. The third kappa shape index (κ3) is 4.88. The predicted molar refractivity (Wildman–Crippen MR) is 117 cm³/mol. The van der Waals surface area contributed by atoms with E-state index < -0.39 is 5.91 Å². The zero-order valence-corrected chi connectivity index (χ0v) is 18.1. The van der Waals surface area contributed by atoms with Gasteiger partial charge in [0.25, 0.3) is 5.91 Å². The molecule has 1 aromatic carbocycles. The Morgan fingerprint density at radius 2 is 2.10 bits per heavy atom. The average molecular weight is 462 g/mol. The number of primary amides is 1. The first-order chi connectivity index (χ1) is 14.9. The number of rotatable bonds is 5. The number of hydrogen-bond donors (Lipinski definition) is 2. The van der Waals surface area contributed by atoms with Crippen LogP contribution in [0.2, 0.25) is 10.0 Å². The van der Waals surface area contributed by atoms with Crippen molar-refractivity contribution in [2.45, 2.75) is 12.5 Å². The van der Waals surface area contributed by atoms with Gasteiger partial charge >= 0.3 is 0 Å². The molecular formula is C21H21Cl2N5O3. The number of nitrogens with two attached hydrogens (primary N) is 1. The molecule has 31 heavy (non-hydrogen) atoms. The van der Waals surface area contributed by atoms with Gasteiger partial charge in [0.2, 0.25) is 5.91 Å². The number of nitrogens with one attached hydrogen (secondary N) is 1. The highest BCUT2D eigenvalue weighted by molar-refractivity contribution is 6.42. The normalized spacial score (nSPS) is 21.7. The molecule has 0 aliphatic carbocycles. The van der Waals surface area contributed by atoms with Crippen LogP contribution in [-0.2, 0) is 9.53 Å². The number of benzene rings is 1. The molecule has 2 aromatic rings. The maximum atomic E-state index is 12.7. The number of amides is 2.